The van der Waals surface area contributed by atoms with Crippen molar-refractivity contribution in [3.05, 3.63) is 0 Å². The van der Waals surface area contributed by atoms with E-state index in [1.807, 2.05) is 11.9 Å². The fourth-order valence-corrected chi connectivity index (χ4v) is 3.39. The first-order valence-corrected chi connectivity index (χ1v) is 7.60. The Morgan fingerprint density at radius 3 is 2.42 bits per heavy atom. The second kappa shape index (κ2) is 6.68. The van der Waals surface area contributed by atoms with Crippen LogP contribution in [0.25, 0.3) is 0 Å². The van der Waals surface area contributed by atoms with Crippen LogP contribution in [0.2, 0.25) is 0 Å². The third-order valence-corrected chi connectivity index (χ3v) is 4.68. The van der Waals surface area contributed by atoms with Crippen molar-refractivity contribution < 1.29 is 4.79 Å². The summed E-state index contributed by atoms with van der Waals surface area (Å²) in [7, 11) is 1.91. The molecule has 0 aliphatic carbocycles. The molecule has 2 aliphatic heterocycles. The van der Waals surface area contributed by atoms with Crippen LogP contribution >= 0.6 is 0 Å². The lowest BCUT2D eigenvalue weighted by molar-refractivity contribution is -0.131. The molecule has 0 spiro atoms. The Bertz CT molecular complexity index is 302. The normalized spacial score (nSPS) is 28.1. The molecule has 0 aromatic rings. The highest BCUT2D eigenvalue weighted by Crippen LogP contribution is 2.19. The van der Waals surface area contributed by atoms with Crippen LogP contribution in [0.3, 0.4) is 0 Å². The lowest BCUT2D eigenvalue weighted by Crippen LogP contribution is -2.54. The number of likely N-dealkylation sites (tertiary alicyclic amines) is 1. The molecule has 2 unspecified atom stereocenters. The Morgan fingerprint density at radius 2 is 1.95 bits per heavy atom. The Morgan fingerprint density at radius 1 is 1.26 bits per heavy atom. The summed E-state index contributed by atoms with van der Waals surface area (Å²) in [6.45, 7) is 8.11. The van der Waals surface area contributed by atoms with Crippen molar-refractivity contribution in [2.24, 2.45) is 5.73 Å². The molecule has 5 nitrogen and oxygen atoms in total. The van der Waals surface area contributed by atoms with E-state index in [9.17, 15) is 4.79 Å². The minimum Gasteiger partial charge on any atom is -0.344 e. The molecule has 0 bridgehead atoms. The second-order valence-electron chi connectivity index (χ2n) is 5.78. The molecule has 110 valence electrons. The fourth-order valence-electron chi connectivity index (χ4n) is 3.39. The molecule has 19 heavy (non-hydrogen) atoms. The van der Waals surface area contributed by atoms with Crippen molar-refractivity contribution in [1.29, 1.82) is 0 Å². The van der Waals surface area contributed by atoms with E-state index in [1.54, 1.807) is 0 Å². The summed E-state index contributed by atoms with van der Waals surface area (Å²) in [6.07, 6.45) is 3.25. The summed E-state index contributed by atoms with van der Waals surface area (Å²) >= 11 is 0. The van der Waals surface area contributed by atoms with Gasteiger partial charge in [0.25, 0.3) is 0 Å². The summed E-state index contributed by atoms with van der Waals surface area (Å²) in [6, 6.07) is 0.760. The number of nitrogens with zero attached hydrogens (tertiary/aromatic N) is 3. The number of hydrogen-bond donors (Lipinski definition) is 1. The molecule has 0 saturated carbocycles. The maximum absolute atomic E-state index is 12.0. The zero-order chi connectivity index (χ0) is 13.8. The van der Waals surface area contributed by atoms with Gasteiger partial charge in [-0.15, -0.1) is 0 Å². The van der Waals surface area contributed by atoms with E-state index >= 15 is 0 Å². The van der Waals surface area contributed by atoms with Gasteiger partial charge >= 0.3 is 0 Å². The van der Waals surface area contributed by atoms with Crippen LogP contribution < -0.4 is 5.73 Å². The molecule has 2 rings (SSSR count). The quantitative estimate of drug-likeness (QED) is 0.760. The van der Waals surface area contributed by atoms with Gasteiger partial charge in [-0.3, -0.25) is 14.6 Å². The number of carbonyl (C=O) groups is 1. The average Bonchev–Trinajstić information content (AvgIpc) is 2.77. The topological polar surface area (TPSA) is 52.8 Å². The van der Waals surface area contributed by atoms with Crippen LogP contribution in [-0.2, 0) is 4.79 Å². The van der Waals surface area contributed by atoms with Gasteiger partial charge in [0.05, 0.1) is 6.04 Å². The van der Waals surface area contributed by atoms with Crippen LogP contribution in [-0.4, -0.2) is 79.0 Å². The third-order valence-electron chi connectivity index (χ3n) is 4.68. The highest BCUT2D eigenvalue weighted by molar-refractivity contribution is 5.83. The lowest BCUT2D eigenvalue weighted by Gasteiger charge is -2.40. The number of carbonyl (C=O) groups excluding carboxylic acids is 1. The summed E-state index contributed by atoms with van der Waals surface area (Å²) in [5, 5.41) is 0. The average molecular weight is 268 g/mol. The van der Waals surface area contributed by atoms with E-state index in [2.05, 4.69) is 16.7 Å². The van der Waals surface area contributed by atoms with Crippen molar-refractivity contribution in [1.82, 2.24) is 14.7 Å². The van der Waals surface area contributed by atoms with Gasteiger partial charge in [0.2, 0.25) is 5.91 Å². The third kappa shape index (κ3) is 3.27. The van der Waals surface area contributed by atoms with Gasteiger partial charge in [-0.2, -0.15) is 0 Å². The van der Waals surface area contributed by atoms with E-state index in [1.165, 1.54) is 6.42 Å². The highest BCUT2D eigenvalue weighted by atomic mass is 16.2. The molecule has 2 N–H and O–H groups in total. The van der Waals surface area contributed by atoms with Gasteiger partial charge in [0.1, 0.15) is 0 Å². The molecule has 2 heterocycles. The Hall–Kier alpha value is -0.650. The van der Waals surface area contributed by atoms with Crippen LogP contribution in [0.5, 0.6) is 0 Å². The van der Waals surface area contributed by atoms with Gasteiger partial charge in [-0.05, 0) is 25.8 Å². The van der Waals surface area contributed by atoms with E-state index in [0.717, 1.165) is 52.1 Å². The number of hydrogen-bond acceptors (Lipinski definition) is 4. The van der Waals surface area contributed by atoms with Crippen molar-refractivity contribution in [3.8, 4) is 0 Å². The second-order valence-corrected chi connectivity index (χ2v) is 5.78. The Balaban J connectivity index is 1.83. The van der Waals surface area contributed by atoms with Gasteiger partial charge in [0, 0.05) is 45.8 Å². The number of likely N-dealkylation sites (N-methyl/N-ethyl adjacent to an activating group) is 1. The molecule has 2 atom stereocenters. The van der Waals surface area contributed by atoms with Gasteiger partial charge in [-0.25, -0.2) is 0 Å². The van der Waals surface area contributed by atoms with Crippen LogP contribution in [0, 0.1) is 0 Å². The molecule has 5 heteroatoms. The van der Waals surface area contributed by atoms with Crippen molar-refractivity contribution in [2.75, 3.05) is 46.3 Å². The maximum Gasteiger partial charge on any atom is 0.239 e. The number of rotatable bonds is 5. The molecule has 2 saturated heterocycles. The van der Waals surface area contributed by atoms with Gasteiger partial charge in [-0.1, -0.05) is 6.92 Å². The molecule has 2 aliphatic rings. The Labute approximate surface area is 116 Å². The molecular formula is C14H28N4O. The first-order valence-electron chi connectivity index (χ1n) is 7.60. The largest absolute Gasteiger partial charge is 0.344 e. The summed E-state index contributed by atoms with van der Waals surface area (Å²) in [5.74, 6) is 0.308. The molecule has 0 aromatic heterocycles. The predicted octanol–water partition coefficient (Wildman–Crippen LogP) is -0.0379. The van der Waals surface area contributed by atoms with E-state index < -0.39 is 0 Å². The summed E-state index contributed by atoms with van der Waals surface area (Å²) < 4.78 is 0. The highest BCUT2D eigenvalue weighted by Gasteiger charge is 2.35. The zero-order valence-electron chi connectivity index (χ0n) is 12.3. The molecular weight excluding hydrogens is 240 g/mol. The van der Waals surface area contributed by atoms with Crippen LogP contribution in [0.1, 0.15) is 26.2 Å². The number of amides is 1. The molecule has 0 radical (unpaired) electrons. The van der Waals surface area contributed by atoms with E-state index in [-0.39, 0.29) is 6.04 Å². The molecule has 2 fully saturated rings. The number of nitrogens with two attached hydrogens (primary N) is 1. The smallest absolute Gasteiger partial charge is 0.239 e. The standard InChI is InChI=1S/C14H28N4O/c1-3-12(4-6-15)17-8-10-18(11-9-17)13-5-7-16(2)14(13)19/h12-13H,3-11,15H2,1-2H3. The van der Waals surface area contributed by atoms with Crippen LogP contribution in [0.15, 0.2) is 0 Å². The predicted molar refractivity (Wildman–Crippen MR) is 76.9 cm³/mol. The summed E-state index contributed by atoms with van der Waals surface area (Å²) in [4.78, 5) is 18.8. The van der Waals surface area contributed by atoms with Crippen molar-refractivity contribution in [2.45, 2.75) is 38.3 Å². The Kier molecular flexibility index (Phi) is 5.19. The minimum absolute atomic E-state index is 0.140. The summed E-state index contributed by atoms with van der Waals surface area (Å²) in [5.41, 5.74) is 5.68. The lowest BCUT2D eigenvalue weighted by atomic mass is 10.1. The minimum atomic E-state index is 0.140. The van der Waals surface area contributed by atoms with E-state index in [0.29, 0.717) is 11.9 Å². The number of piperazine rings is 1. The first kappa shape index (κ1) is 14.8. The SMILES string of the molecule is CCC(CCN)N1CCN(C2CCN(C)C2=O)CC1. The maximum atomic E-state index is 12.0. The first-order chi connectivity index (χ1) is 9.17. The van der Waals surface area contributed by atoms with Crippen molar-refractivity contribution >= 4 is 5.91 Å². The molecule has 0 aromatic carbocycles. The fraction of sp³-hybridized carbons (Fsp3) is 0.929. The van der Waals surface area contributed by atoms with Gasteiger partial charge in [0.15, 0.2) is 0 Å². The van der Waals surface area contributed by atoms with Gasteiger partial charge < -0.3 is 10.6 Å². The van der Waals surface area contributed by atoms with E-state index in [4.69, 9.17) is 5.73 Å². The molecule has 1 amide bonds. The zero-order valence-corrected chi connectivity index (χ0v) is 12.3. The van der Waals surface area contributed by atoms with Crippen LogP contribution in [0.4, 0.5) is 0 Å². The monoisotopic (exact) mass is 268 g/mol. The van der Waals surface area contributed by atoms with Crippen molar-refractivity contribution in [3.63, 3.8) is 0 Å².